The fourth-order valence-corrected chi connectivity index (χ4v) is 2.11. The summed E-state index contributed by atoms with van der Waals surface area (Å²) in [5, 5.41) is 2.71. The van der Waals surface area contributed by atoms with E-state index in [4.69, 9.17) is 16.0 Å². The average molecular weight is 294 g/mol. The van der Waals surface area contributed by atoms with Gasteiger partial charge in [-0.05, 0) is 23.6 Å². The summed E-state index contributed by atoms with van der Waals surface area (Å²) in [5.41, 5.74) is 6.47. The van der Waals surface area contributed by atoms with E-state index in [0.717, 1.165) is 15.8 Å². The Labute approximate surface area is 126 Å². The molecule has 0 bridgehead atoms. The Balaban J connectivity index is 1.95. The minimum absolute atomic E-state index is 0.0959. The summed E-state index contributed by atoms with van der Waals surface area (Å²) in [5.74, 6) is 5.13. The van der Waals surface area contributed by atoms with Gasteiger partial charge >= 0.3 is 5.91 Å². The van der Waals surface area contributed by atoms with Crippen LogP contribution in [0.25, 0.3) is 10.8 Å². The lowest BCUT2D eigenvalue weighted by atomic mass is 10.1. The second kappa shape index (κ2) is 5.71. The van der Waals surface area contributed by atoms with E-state index in [1.807, 2.05) is 36.4 Å². The molecule has 22 heavy (non-hydrogen) atoms. The van der Waals surface area contributed by atoms with Crippen LogP contribution in [0.4, 0.5) is 5.69 Å². The van der Waals surface area contributed by atoms with E-state index < -0.39 is 5.91 Å². The molecule has 0 atom stereocenters. The van der Waals surface area contributed by atoms with Crippen molar-refractivity contribution in [2.45, 2.75) is 0 Å². The average Bonchev–Trinajstić information content (AvgIpc) is 3.08. The van der Waals surface area contributed by atoms with Gasteiger partial charge in [-0.2, -0.15) is 0 Å². The number of fused-ring (bicyclic) bond motifs is 1. The van der Waals surface area contributed by atoms with Gasteiger partial charge < -0.3 is 10.2 Å². The molecule has 3 aromatic rings. The van der Waals surface area contributed by atoms with Crippen LogP contribution in [0.2, 0.25) is 0 Å². The van der Waals surface area contributed by atoms with E-state index in [9.17, 15) is 4.79 Å². The van der Waals surface area contributed by atoms with Crippen molar-refractivity contribution in [3.63, 3.8) is 0 Å². The number of rotatable bonds is 2. The van der Waals surface area contributed by atoms with Gasteiger partial charge in [0.1, 0.15) is 0 Å². The number of hydrazine groups is 1. The van der Waals surface area contributed by atoms with E-state index in [2.05, 4.69) is 4.99 Å². The van der Waals surface area contributed by atoms with Gasteiger partial charge in [-0.25, -0.2) is 15.8 Å². The summed E-state index contributed by atoms with van der Waals surface area (Å²) in [6.45, 7) is 0. The van der Waals surface area contributed by atoms with Gasteiger partial charge in [-0.1, -0.05) is 36.4 Å². The molecule has 4 N–H and O–H groups in total. The van der Waals surface area contributed by atoms with Gasteiger partial charge in [0.25, 0.3) is 0 Å². The lowest BCUT2D eigenvalue weighted by Crippen LogP contribution is -2.46. The predicted octanol–water partition coefficient (Wildman–Crippen LogP) is 2.40. The normalized spacial score (nSPS) is 11.6. The SMILES string of the molecule is NC(=Nc1cccc2ccccc12)N(N)C(=O)c1ccco1. The van der Waals surface area contributed by atoms with E-state index >= 15 is 0 Å². The standard InChI is InChI=1S/C16H14N4O2/c17-16(20(18)15(21)14-9-4-10-22-14)19-13-8-3-6-11-5-1-2-7-12(11)13/h1-10H,18H2,(H2,17,19). The van der Waals surface area contributed by atoms with Crippen molar-refractivity contribution in [1.82, 2.24) is 5.01 Å². The Bertz CT molecular complexity index is 835. The lowest BCUT2D eigenvalue weighted by Gasteiger charge is -2.14. The molecule has 0 fully saturated rings. The second-order valence-electron chi connectivity index (χ2n) is 4.62. The smallest absolute Gasteiger partial charge is 0.310 e. The highest BCUT2D eigenvalue weighted by Gasteiger charge is 2.18. The molecule has 110 valence electrons. The molecule has 6 heteroatoms. The van der Waals surface area contributed by atoms with Crippen molar-refractivity contribution in [2.75, 3.05) is 0 Å². The third kappa shape index (κ3) is 2.55. The van der Waals surface area contributed by atoms with Crippen LogP contribution in [0.1, 0.15) is 10.6 Å². The number of aliphatic imine (C=N–C) groups is 1. The molecule has 0 saturated carbocycles. The molecule has 0 aliphatic heterocycles. The molecule has 0 spiro atoms. The van der Waals surface area contributed by atoms with Crippen molar-refractivity contribution in [3.8, 4) is 0 Å². The Kier molecular flexibility index (Phi) is 3.59. The first-order valence-corrected chi connectivity index (χ1v) is 6.61. The molecular formula is C16H14N4O2. The molecular weight excluding hydrogens is 280 g/mol. The first-order valence-electron chi connectivity index (χ1n) is 6.61. The molecule has 3 rings (SSSR count). The summed E-state index contributed by atoms with van der Waals surface area (Å²) in [4.78, 5) is 16.3. The maximum atomic E-state index is 12.0. The van der Waals surface area contributed by atoms with Gasteiger partial charge in [-0.15, -0.1) is 0 Å². The van der Waals surface area contributed by atoms with Crippen LogP contribution >= 0.6 is 0 Å². The summed E-state index contributed by atoms with van der Waals surface area (Å²) < 4.78 is 5.01. The quantitative estimate of drug-likeness (QED) is 0.249. The van der Waals surface area contributed by atoms with Gasteiger partial charge in [0.15, 0.2) is 5.76 Å². The monoisotopic (exact) mass is 294 g/mol. The molecule has 1 amide bonds. The number of amides is 1. The number of carbonyl (C=O) groups is 1. The van der Waals surface area contributed by atoms with E-state index in [0.29, 0.717) is 5.69 Å². The Hall–Kier alpha value is -3.12. The van der Waals surface area contributed by atoms with E-state index in [1.165, 1.54) is 12.3 Å². The van der Waals surface area contributed by atoms with Crippen molar-refractivity contribution in [1.29, 1.82) is 0 Å². The Morgan fingerprint density at radius 3 is 2.59 bits per heavy atom. The lowest BCUT2D eigenvalue weighted by molar-refractivity contribution is 0.0815. The molecule has 1 aromatic heterocycles. The fraction of sp³-hybridized carbons (Fsp3) is 0. The maximum absolute atomic E-state index is 12.0. The summed E-state index contributed by atoms with van der Waals surface area (Å²) >= 11 is 0. The van der Waals surface area contributed by atoms with Crippen molar-refractivity contribution < 1.29 is 9.21 Å². The third-order valence-corrected chi connectivity index (χ3v) is 3.20. The third-order valence-electron chi connectivity index (χ3n) is 3.20. The molecule has 6 nitrogen and oxygen atoms in total. The minimum Gasteiger partial charge on any atom is -0.459 e. The van der Waals surface area contributed by atoms with Crippen LogP contribution in [-0.4, -0.2) is 16.9 Å². The van der Waals surface area contributed by atoms with Gasteiger partial charge in [0, 0.05) is 5.39 Å². The van der Waals surface area contributed by atoms with Crippen molar-refractivity contribution in [3.05, 3.63) is 66.6 Å². The fourth-order valence-electron chi connectivity index (χ4n) is 2.11. The van der Waals surface area contributed by atoms with Crippen molar-refractivity contribution >= 4 is 28.3 Å². The molecule has 1 heterocycles. The molecule has 0 aliphatic carbocycles. The number of benzene rings is 2. The Morgan fingerprint density at radius 1 is 1.05 bits per heavy atom. The maximum Gasteiger partial charge on any atom is 0.310 e. The number of hydrogen-bond acceptors (Lipinski definition) is 4. The van der Waals surface area contributed by atoms with Crippen molar-refractivity contribution in [2.24, 2.45) is 16.6 Å². The number of carbonyl (C=O) groups excluding carboxylic acids is 1. The number of guanidine groups is 1. The largest absolute Gasteiger partial charge is 0.459 e. The first kappa shape index (κ1) is 13.8. The molecule has 0 aliphatic rings. The topological polar surface area (TPSA) is 97.9 Å². The molecule has 2 aromatic carbocycles. The summed E-state index contributed by atoms with van der Waals surface area (Å²) in [7, 11) is 0. The van der Waals surface area contributed by atoms with Crippen LogP contribution in [-0.2, 0) is 0 Å². The Morgan fingerprint density at radius 2 is 1.82 bits per heavy atom. The second-order valence-corrected chi connectivity index (χ2v) is 4.62. The number of hydrogen-bond donors (Lipinski definition) is 2. The zero-order valence-electron chi connectivity index (χ0n) is 11.6. The first-order chi connectivity index (χ1) is 10.7. The highest BCUT2D eigenvalue weighted by Crippen LogP contribution is 2.25. The highest BCUT2D eigenvalue weighted by atomic mass is 16.3. The zero-order valence-corrected chi connectivity index (χ0v) is 11.6. The highest BCUT2D eigenvalue weighted by molar-refractivity contribution is 6.04. The van der Waals surface area contributed by atoms with Crippen LogP contribution in [0.3, 0.4) is 0 Å². The van der Waals surface area contributed by atoms with E-state index in [-0.39, 0.29) is 11.7 Å². The number of nitrogens with zero attached hydrogens (tertiary/aromatic N) is 2. The summed E-state index contributed by atoms with van der Waals surface area (Å²) in [6.07, 6.45) is 1.39. The van der Waals surface area contributed by atoms with E-state index in [1.54, 1.807) is 12.1 Å². The van der Waals surface area contributed by atoms with Crippen LogP contribution < -0.4 is 11.6 Å². The predicted molar refractivity (Wildman–Crippen MR) is 84.3 cm³/mol. The van der Waals surface area contributed by atoms with Crippen LogP contribution in [0.5, 0.6) is 0 Å². The van der Waals surface area contributed by atoms with Gasteiger partial charge in [-0.3, -0.25) is 4.79 Å². The summed E-state index contributed by atoms with van der Waals surface area (Å²) in [6, 6.07) is 16.5. The number of nitrogens with two attached hydrogens (primary N) is 2. The van der Waals surface area contributed by atoms with Crippen LogP contribution in [0, 0.1) is 0 Å². The van der Waals surface area contributed by atoms with Gasteiger partial charge in [0.2, 0.25) is 5.96 Å². The van der Waals surface area contributed by atoms with Gasteiger partial charge in [0.05, 0.1) is 12.0 Å². The van der Waals surface area contributed by atoms with Crippen LogP contribution in [0.15, 0.2) is 70.3 Å². The zero-order chi connectivity index (χ0) is 15.5. The molecule has 0 radical (unpaired) electrons. The molecule has 0 unspecified atom stereocenters. The number of furan rings is 1. The minimum atomic E-state index is -0.563. The molecule has 0 saturated heterocycles.